The maximum atomic E-state index is 5.17. The lowest BCUT2D eigenvalue weighted by molar-refractivity contribution is 0.390. The van der Waals surface area contributed by atoms with E-state index in [1.807, 2.05) is 18.2 Å². The van der Waals surface area contributed by atoms with E-state index in [4.69, 9.17) is 16.5 Å². The average molecular weight is 796 g/mol. The molecule has 0 spiro atoms. The van der Waals surface area contributed by atoms with Crippen LogP contribution in [0, 0.1) is 11.8 Å². The van der Waals surface area contributed by atoms with Gasteiger partial charge in [0.2, 0.25) is 0 Å². The van der Waals surface area contributed by atoms with E-state index >= 15 is 0 Å². The van der Waals surface area contributed by atoms with E-state index in [-0.39, 0.29) is 5.92 Å². The van der Waals surface area contributed by atoms with Gasteiger partial charge < -0.3 is 4.90 Å². The van der Waals surface area contributed by atoms with Crippen molar-refractivity contribution in [2.75, 3.05) is 0 Å². The predicted molar refractivity (Wildman–Crippen MR) is 257 cm³/mol. The molecule has 0 N–H and O–H groups in total. The Kier molecular flexibility index (Phi) is 9.71. The van der Waals surface area contributed by atoms with E-state index in [0.717, 1.165) is 64.2 Å². The fraction of sp³-hybridized carbons (Fsp3) is 0.0847. The Hall–Kier alpha value is -7.62. The Morgan fingerprint density at radius 2 is 0.952 bits per heavy atom. The van der Waals surface area contributed by atoms with Crippen LogP contribution in [0.15, 0.2) is 230 Å². The Morgan fingerprint density at radius 1 is 0.452 bits per heavy atom. The minimum absolute atomic E-state index is 0.254. The molecule has 8 aromatic rings. The summed E-state index contributed by atoms with van der Waals surface area (Å²) in [7, 11) is 0. The molecule has 0 amide bonds. The predicted octanol–water partition coefficient (Wildman–Crippen LogP) is 14.9. The first-order valence-corrected chi connectivity index (χ1v) is 21.7. The first kappa shape index (κ1) is 37.4. The van der Waals surface area contributed by atoms with Gasteiger partial charge in [0.15, 0.2) is 5.82 Å². The number of fused-ring (bicyclic) bond motifs is 3. The summed E-state index contributed by atoms with van der Waals surface area (Å²) in [4.78, 5) is 12.8. The summed E-state index contributed by atoms with van der Waals surface area (Å²) in [6.45, 7) is 4.73. The van der Waals surface area contributed by atoms with Crippen molar-refractivity contribution in [1.29, 1.82) is 0 Å². The summed E-state index contributed by atoms with van der Waals surface area (Å²) < 4.78 is 0. The smallest absolute Gasteiger partial charge is 0.160 e. The summed E-state index contributed by atoms with van der Waals surface area (Å²) in [5.41, 5.74) is 19.9. The van der Waals surface area contributed by atoms with E-state index in [0.29, 0.717) is 11.7 Å². The van der Waals surface area contributed by atoms with Crippen LogP contribution in [0.5, 0.6) is 0 Å². The Bertz CT molecular complexity index is 3020. The van der Waals surface area contributed by atoms with Crippen molar-refractivity contribution in [1.82, 2.24) is 14.9 Å². The number of benzene rings is 7. The summed E-state index contributed by atoms with van der Waals surface area (Å²) in [6.07, 6.45) is 7.93. The van der Waals surface area contributed by atoms with Crippen LogP contribution < -0.4 is 0 Å². The molecule has 1 aromatic heterocycles. The van der Waals surface area contributed by atoms with E-state index < -0.39 is 0 Å². The van der Waals surface area contributed by atoms with Gasteiger partial charge in [-0.05, 0) is 75.1 Å². The number of allylic oxidation sites excluding steroid dienone is 5. The zero-order chi connectivity index (χ0) is 41.4. The van der Waals surface area contributed by atoms with Crippen LogP contribution in [0.25, 0.3) is 73.0 Å². The van der Waals surface area contributed by atoms with E-state index in [1.165, 1.54) is 50.4 Å². The molecule has 7 aromatic carbocycles. The van der Waals surface area contributed by atoms with Gasteiger partial charge in [0.1, 0.15) is 0 Å². The van der Waals surface area contributed by atoms with Crippen LogP contribution in [0.2, 0.25) is 0 Å². The van der Waals surface area contributed by atoms with Crippen molar-refractivity contribution in [2.24, 2.45) is 11.8 Å². The zero-order valence-electron chi connectivity index (χ0n) is 34.5. The second kappa shape index (κ2) is 16.1. The molecule has 0 saturated heterocycles. The number of hydrogen-bond donors (Lipinski definition) is 0. The standard InChI is InChI=1S/C59H45N3/c1-40-37-53(44-19-8-3-9-20-44)58-52-28-15-14-27-51(52)56(57(62(40)58)47-21-10-4-11-22-47)46-35-31-43(32-36-46)49-25-16-26-50(38-49)55-39-54(60-59(61-55)48-23-12-5-13-24-48)45-33-29-42(30-34-45)41-17-6-2-7-18-41/h2-14,16-27,29-36,38-39,51-52H,1,15,28,37H2. The number of aromatic nitrogens is 2. The quantitative estimate of drug-likeness (QED) is 0.143. The van der Waals surface area contributed by atoms with Crippen molar-refractivity contribution in [2.45, 2.75) is 19.3 Å². The van der Waals surface area contributed by atoms with Gasteiger partial charge >= 0.3 is 0 Å². The van der Waals surface area contributed by atoms with Crippen LogP contribution in [-0.4, -0.2) is 14.9 Å². The fourth-order valence-electron chi connectivity index (χ4n) is 9.78. The molecular weight excluding hydrogens is 751 g/mol. The highest BCUT2D eigenvalue weighted by molar-refractivity contribution is 5.97. The van der Waals surface area contributed by atoms with E-state index in [1.54, 1.807) is 0 Å². The van der Waals surface area contributed by atoms with Crippen molar-refractivity contribution in [3.8, 4) is 56.2 Å². The van der Waals surface area contributed by atoms with Gasteiger partial charge in [0.25, 0.3) is 0 Å². The minimum atomic E-state index is 0.254. The molecule has 296 valence electrons. The first-order valence-electron chi connectivity index (χ1n) is 21.7. The van der Waals surface area contributed by atoms with Crippen LogP contribution in [0.1, 0.15) is 36.0 Å². The Morgan fingerprint density at radius 3 is 1.61 bits per heavy atom. The van der Waals surface area contributed by atoms with Crippen LogP contribution in [-0.2, 0) is 0 Å². The highest BCUT2D eigenvalue weighted by Gasteiger charge is 2.44. The Balaban J connectivity index is 0.984. The van der Waals surface area contributed by atoms with Crippen molar-refractivity contribution in [3.63, 3.8) is 0 Å². The highest BCUT2D eigenvalue weighted by Crippen LogP contribution is 2.57. The molecule has 2 aliphatic heterocycles. The Labute approximate surface area is 364 Å². The van der Waals surface area contributed by atoms with Crippen molar-refractivity contribution < 1.29 is 0 Å². The highest BCUT2D eigenvalue weighted by atomic mass is 15.2. The lowest BCUT2D eigenvalue weighted by Gasteiger charge is -2.44. The molecule has 3 nitrogen and oxygen atoms in total. The number of hydrogen-bond acceptors (Lipinski definition) is 3. The van der Waals surface area contributed by atoms with Gasteiger partial charge in [-0.1, -0.05) is 207 Å². The molecule has 0 bridgehead atoms. The summed E-state index contributed by atoms with van der Waals surface area (Å²) in [5, 5.41) is 0. The third-order valence-corrected chi connectivity index (χ3v) is 12.7. The van der Waals surface area contributed by atoms with Gasteiger partial charge in [-0.3, -0.25) is 0 Å². The van der Waals surface area contributed by atoms with E-state index in [2.05, 4.69) is 199 Å². The summed E-state index contributed by atoms with van der Waals surface area (Å²) in [6, 6.07) is 71.5. The second-order valence-electron chi connectivity index (χ2n) is 16.5. The molecule has 11 rings (SSSR count). The third-order valence-electron chi connectivity index (χ3n) is 12.7. The lowest BCUT2D eigenvalue weighted by Crippen LogP contribution is -2.34. The normalized spacial score (nSPS) is 17.0. The summed E-state index contributed by atoms with van der Waals surface area (Å²) in [5.74, 6) is 1.33. The van der Waals surface area contributed by atoms with Crippen LogP contribution in [0.3, 0.4) is 0 Å². The summed E-state index contributed by atoms with van der Waals surface area (Å²) >= 11 is 0. The molecule has 3 aliphatic rings. The van der Waals surface area contributed by atoms with E-state index in [9.17, 15) is 0 Å². The molecule has 0 fully saturated rings. The molecule has 62 heavy (non-hydrogen) atoms. The van der Waals surface area contributed by atoms with Gasteiger partial charge in [-0.15, -0.1) is 0 Å². The monoisotopic (exact) mass is 795 g/mol. The molecule has 3 heteroatoms. The molecule has 2 atom stereocenters. The average Bonchev–Trinajstić information content (AvgIpc) is 3.71. The first-order chi connectivity index (χ1) is 30.7. The molecule has 3 heterocycles. The topological polar surface area (TPSA) is 29.0 Å². The van der Waals surface area contributed by atoms with Crippen molar-refractivity contribution >= 4 is 16.8 Å². The van der Waals surface area contributed by atoms with Gasteiger partial charge in [-0.25, -0.2) is 9.97 Å². The van der Waals surface area contributed by atoms with Crippen molar-refractivity contribution in [3.05, 3.63) is 247 Å². The molecular formula is C59H45N3. The number of rotatable bonds is 8. The third kappa shape index (κ3) is 6.92. The molecule has 0 radical (unpaired) electrons. The maximum absolute atomic E-state index is 5.17. The largest absolute Gasteiger partial charge is 0.317 e. The van der Waals surface area contributed by atoms with Gasteiger partial charge in [-0.2, -0.15) is 0 Å². The van der Waals surface area contributed by atoms with Crippen LogP contribution >= 0.6 is 0 Å². The van der Waals surface area contributed by atoms with Gasteiger partial charge in [0, 0.05) is 46.3 Å². The fourth-order valence-corrected chi connectivity index (χ4v) is 9.78. The van der Waals surface area contributed by atoms with Crippen LogP contribution in [0.4, 0.5) is 0 Å². The SMILES string of the molecule is C=C1CC(c2ccccc2)=C2C3CCC=CC3C(c3ccc(-c4cccc(-c5cc(-c6ccc(-c7ccccc7)cc6)nc(-c6ccccc6)n5)c4)cc3)=C(c3ccccc3)N12. The van der Waals surface area contributed by atoms with Gasteiger partial charge in [0.05, 0.1) is 17.1 Å². The maximum Gasteiger partial charge on any atom is 0.160 e. The molecule has 1 aliphatic carbocycles. The lowest BCUT2D eigenvalue weighted by atomic mass is 9.70. The number of nitrogens with zero attached hydrogens (tertiary/aromatic N) is 3. The molecule has 2 unspecified atom stereocenters. The molecule has 0 saturated carbocycles. The minimum Gasteiger partial charge on any atom is -0.317 e. The second-order valence-corrected chi connectivity index (χ2v) is 16.5. The zero-order valence-corrected chi connectivity index (χ0v) is 34.5.